The number of aryl methyl sites for hydroxylation is 1. The summed E-state index contributed by atoms with van der Waals surface area (Å²) in [5, 5.41) is 7.31. The molecule has 2 unspecified atom stereocenters. The van der Waals surface area contributed by atoms with Crippen LogP contribution >= 0.6 is 0 Å². The third-order valence-corrected chi connectivity index (χ3v) is 3.69. The summed E-state index contributed by atoms with van der Waals surface area (Å²) in [7, 11) is 0. The zero-order valence-corrected chi connectivity index (χ0v) is 11.0. The van der Waals surface area contributed by atoms with Gasteiger partial charge in [-0.15, -0.1) is 0 Å². The van der Waals surface area contributed by atoms with E-state index in [1.54, 1.807) is 19.1 Å². The van der Waals surface area contributed by atoms with Crippen LogP contribution in [0.3, 0.4) is 0 Å². The number of aromatic nitrogens is 2. The molecule has 1 aliphatic rings. The summed E-state index contributed by atoms with van der Waals surface area (Å²) in [5.41, 5.74) is 1.37. The fraction of sp³-hybridized carbons (Fsp3) is 0.429. The molecule has 2 heterocycles. The van der Waals surface area contributed by atoms with Gasteiger partial charge in [0.15, 0.2) is 0 Å². The first kappa shape index (κ1) is 12.3. The average Bonchev–Trinajstić information content (AvgIpc) is 3.01. The van der Waals surface area contributed by atoms with Crippen molar-refractivity contribution < 1.29 is 8.91 Å². The van der Waals surface area contributed by atoms with Crippen LogP contribution in [0, 0.1) is 18.7 Å². The van der Waals surface area contributed by atoms with Gasteiger partial charge < -0.3 is 9.84 Å². The molecule has 1 aromatic carbocycles. The Labute approximate surface area is 111 Å². The van der Waals surface area contributed by atoms with Gasteiger partial charge in [0, 0.05) is 12.1 Å². The zero-order chi connectivity index (χ0) is 13.4. The molecular formula is C14H16FN3O. The molecule has 1 aliphatic heterocycles. The lowest BCUT2D eigenvalue weighted by Crippen LogP contribution is -2.08. The van der Waals surface area contributed by atoms with Crippen molar-refractivity contribution in [3.63, 3.8) is 0 Å². The van der Waals surface area contributed by atoms with Crippen LogP contribution < -0.4 is 5.32 Å². The van der Waals surface area contributed by atoms with E-state index in [0.717, 1.165) is 18.7 Å². The summed E-state index contributed by atoms with van der Waals surface area (Å²) in [6.45, 7) is 5.72. The van der Waals surface area contributed by atoms with E-state index in [4.69, 9.17) is 4.52 Å². The first-order valence-electron chi connectivity index (χ1n) is 6.46. The van der Waals surface area contributed by atoms with Crippen molar-refractivity contribution in [1.82, 2.24) is 15.5 Å². The monoisotopic (exact) mass is 261 g/mol. The van der Waals surface area contributed by atoms with Crippen molar-refractivity contribution in [2.45, 2.75) is 19.8 Å². The Bertz CT molecular complexity index is 596. The van der Waals surface area contributed by atoms with Gasteiger partial charge in [-0.1, -0.05) is 12.1 Å². The Hall–Kier alpha value is -1.75. The largest absolute Gasteiger partial charge is 0.339 e. The van der Waals surface area contributed by atoms with Gasteiger partial charge in [0.25, 0.3) is 0 Å². The number of hydrogen-bond donors (Lipinski definition) is 1. The van der Waals surface area contributed by atoms with Crippen LogP contribution in [-0.2, 0) is 0 Å². The Kier molecular flexibility index (Phi) is 3.06. The van der Waals surface area contributed by atoms with Gasteiger partial charge >= 0.3 is 0 Å². The molecule has 0 radical (unpaired) electrons. The predicted octanol–water partition coefficient (Wildman–Crippen LogP) is 2.51. The van der Waals surface area contributed by atoms with E-state index in [2.05, 4.69) is 22.4 Å². The average molecular weight is 261 g/mol. The minimum atomic E-state index is -0.221. The number of rotatable bonds is 2. The highest BCUT2D eigenvalue weighted by Gasteiger charge is 2.29. The van der Waals surface area contributed by atoms with Gasteiger partial charge in [-0.05, 0) is 43.1 Å². The fourth-order valence-electron chi connectivity index (χ4n) is 2.43. The molecule has 0 saturated carbocycles. The second-order valence-electron chi connectivity index (χ2n) is 5.16. The predicted molar refractivity (Wildman–Crippen MR) is 69.2 cm³/mol. The first-order valence-corrected chi connectivity index (χ1v) is 6.46. The smallest absolute Gasteiger partial charge is 0.231 e. The van der Waals surface area contributed by atoms with E-state index >= 15 is 0 Å². The van der Waals surface area contributed by atoms with E-state index in [1.165, 1.54) is 6.07 Å². The molecule has 0 spiro atoms. The highest BCUT2D eigenvalue weighted by molar-refractivity contribution is 5.55. The van der Waals surface area contributed by atoms with Crippen LogP contribution in [-0.4, -0.2) is 23.2 Å². The van der Waals surface area contributed by atoms with Crippen molar-refractivity contribution in [2.75, 3.05) is 13.1 Å². The van der Waals surface area contributed by atoms with E-state index < -0.39 is 0 Å². The van der Waals surface area contributed by atoms with Gasteiger partial charge in [-0.25, -0.2) is 4.39 Å². The minimum absolute atomic E-state index is 0.221. The second kappa shape index (κ2) is 4.74. The summed E-state index contributed by atoms with van der Waals surface area (Å²) in [5.74, 6) is 1.72. The molecule has 3 rings (SSSR count). The van der Waals surface area contributed by atoms with Crippen LogP contribution in [0.2, 0.25) is 0 Å². The topological polar surface area (TPSA) is 51.0 Å². The van der Waals surface area contributed by atoms with Gasteiger partial charge in [0.05, 0.1) is 5.92 Å². The van der Waals surface area contributed by atoms with Crippen LogP contribution in [0.15, 0.2) is 22.7 Å². The molecule has 19 heavy (non-hydrogen) atoms. The highest BCUT2D eigenvalue weighted by atomic mass is 19.1. The third kappa shape index (κ3) is 2.26. The minimum Gasteiger partial charge on any atom is -0.339 e. The van der Waals surface area contributed by atoms with Crippen LogP contribution in [0.5, 0.6) is 0 Å². The summed E-state index contributed by atoms with van der Waals surface area (Å²) < 4.78 is 18.6. The molecule has 1 N–H and O–H groups in total. The molecule has 1 fully saturated rings. The van der Waals surface area contributed by atoms with Crippen molar-refractivity contribution in [1.29, 1.82) is 0 Å². The normalized spacial score (nSPS) is 22.9. The number of nitrogens with zero attached hydrogens (tertiary/aromatic N) is 2. The molecule has 1 aromatic heterocycles. The maximum absolute atomic E-state index is 13.2. The number of nitrogens with one attached hydrogen (secondary N) is 1. The molecule has 0 aliphatic carbocycles. The lowest BCUT2D eigenvalue weighted by molar-refractivity contribution is 0.340. The summed E-state index contributed by atoms with van der Waals surface area (Å²) in [6, 6.07) is 4.84. The van der Waals surface area contributed by atoms with Gasteiger partial charge in [-0.2, -0.15) is 4.98 Å². The van der Waals surface area contributed by atoms with Gasteiger partial charge in [-0.3, -0.25) is 0 Å². The van der Waals surface area contributed by atoms with Crippen molar-refractivity contribution in [2.24, 2.45) is 5.92 Å². The van der Waals surface area contributed by atoms with Crippen LogP contribution in [0.1, 0.15) is 24.3 Å². The van der Waals surface area contributed by atoms with Crippen molar-refractivity contribution in [3.8, 4) is 11.4 Å². The molecule has 1 saturated heterocycles. The standard InChI is InChI=1S/C14H16FN3O/c1-8-5-10(3-4-12(8)15)13-17-14(19-18-13)11-7-16-6-9(11)2/h3-5,9,11,16H,6-7H2,1-2H3. The summed E-state index contributed by atoms with van der Waals surface area (Å²) in [4.78, 5) is 4.44. The van der Waals surface area contributed by atoms with Crippen molar-refractivity contribution in [3.05, 3.63) is 35.5 Å². The Morgan fingerprint density at radius 2 is 2.21 bits per heavy atom. The summed E-state index contributed by atoms with van der Waals surface area (Å²) >= 11 is 0. The highest BCUT2D eigenvalue weighted by Crippen LogP contribution is 2.28. The lowest BCUT2D eigenvalue weighted by atomic mass is 9.98. The number of hydrogen-bond acceptors (Lipinski definition) is 4. The van der Waals surface area contributed by atoms with E-state index in [0.29, 0.717) is 23.2 Å². The van der Waals surface area contributed by atoms with E-state index in [-0.39, 0.29) is 11.7 Å². The van der Waals surface area contributed by atoms with Crippen molar-refractivity contribution >= 4 is 0 Å². The molecule has 4 nitrogen and oxygen atoms in total. The Morgan fingerprint density at radius 3 is 2.89 bits per heavy atom. The molecule has 0 bridgehead atoms. The quantitative estimate of drug-likeness (QED) is 0.902. The number of halogens is 1. The first-order chi connectivity index (χ1) is 9.15. The molecular weight excluding hydrogens is 245 g/mol. The lowest BCUT2D eigenvalue weighted by Gasteiger charge is -2.07. The fourth-order valence-corrected chi connectivity index (χ4v) is 2.43. The molecule has 2 atom stereocenters. The zero-order valence-electron chi connectivity index (χ0n) is 11.0. The second-order valence-corrected chi connectivity index (χ2v) is 5.16. The Morgan fingerprint density at radius 1 is 1.37 bits per heavy atom. The molecule has 0 amide bonds. The van der Waals surface area contributed by atoms with E-state index in [1.807, 2.05) is 0 Å². The maximum atomic E-state index is 13.2. The SMILES string of the molecule is Cc1cc(-c2noc(C3CNCC3C)n2)ccc1F. The van der Waals surface area contributed by atoms with Crippen LogP contribution in [0.4, 0.5) is 4.39 Å². The maximum Gasteiger partial charge on any atom is 0.231 e. The van der Waals surface area contributed by atoms with Crippen LogP contribution in [0.25, 0.3) is 11.4 Å². The number of benzene rings is 1. The van der Waals surface area contributed by atoms with Gasteiger partial charge in [0.2, 0.25) is 11.7 Å². The molecule has 5 heteroatoms. The molecule has 100 valence electrons. The molecule has 2 aromatic rings. The Balaban J connectivity index is 1.90. The van der Waals surface area contributed by atoms with Gasteiger partial charge in [0.1, 0.15) is 5.82 Å². The summed E-state index contributed by atoms with van der Waals surface area (Å²) in [6.07, 6.45) is 0. The van der Waals surface area contributed by atoms with E-state index in [9.17, 15) is 4.39 Å². The third-order valence-electron chi connectivity index (χ3n) is 3.69.